The predicted octanol–water partition coefficient (Wildman–Crippen LogP) is 5.28. The Bertz CT molecular complexity index is 1160. The number of rotatable bonds is 10. The molecule has 1 aliphatic heterocycles. The van der Waals surface area contributed by atoms with Crippen molar-refractivity contribution < 1.29 is 23.9 Å². The third kappa shape index (κ3) is 8.52. The van der Waals surface area contributed by atoms with E-state index in [1.165, 1.54) is 6.42 Å². The van der Waals surface area contributed by atoms with Gasteiger partial charge in [0.15, 0.2) is 0 Å². The molecule has 1 atom stereocenters. The fourth-order valence-electron chi connectivity index (χ4n) is 5.91. The number of hydrogen-bond donors (Lipinski definition) is 3. The number of benzene rings is 1. The van der Waals surface area contributed by atoms with Gasteiger partial charge in [-0.2, -0.15) is 0 Å². The molecule has 1 aliphatic carbocycles. The maximum atomic E-state index is 13.9. The number of imidazole rings is 1. The normalized spacial score (nSPS) is 17.9. The number of nitrogens with zero attached hydrogens (tertiary/aromatic N) is 2. The summed E-state index contributed by atoms with van der Waals surface area (Å²) in [4.78, 5) is 47.8. The molecule has 12 heteroatoms. The number of H-pyrrole nitrogens is 1. The Morgan fingerprint density at radius 3 is 2.59 bits per heavy atom. The molecule has 10 nitrogen and oxygen atoms in total. The van der Waals surface area contributed by atoms with Crippen molar-refractivity contribution in [3.8, 4) is 0 Å². The van der Waals surface area contributed by atoms with Crippen LogP contribution in [0.25, 0.3) is 0 Å². The molecule has 41 heavy (non-hydrogen) atoms. The number of aromatic amines is 1. The summed E-state index contributed by atoms with van der Waals surface area (Å²) in [6, 6.07) is 3.79. The molecule has 1 saturated carbocycles. The zero-order valence-electron chi connectivity index (χ0n) is 23.4. The van der Waals surface area contributed by atoms with E-state index in [2.05, 4.69) is 20.6 Å². The van der Waals surface area contributed by atoms with Crippen LogP contribution in [0.2, 0.25) is 10.0 Å². The molecule has 0 bridgehead atoms. The first-order chi connectivity index (χ1) is 19.8. The second-order valence-electron chi connectivity index (χ2n) is 10.7. The summed E-state index contributed by atoms with van der Waals surface area (Å²) in [5.41, 5.74) is 0.938. The molecule has 4 rings (SSSR count). The van der Waals surface area contributed by atoms with Gasteiger partial charge in [-0.25, -0.2) is 14.6 Å². The summed E-state index contributed by atoms with van der Waals surface area (Å²) in [5, 5.41) is 6.58. The second-order valence-corrected chi connectivity index (χ2v) is 11.6. The number of hydrogen-bond acceptors (Lipinski definition) is 6. The first-order valence-electron chi connectivity index (χ1n) is 14.4. The van der Waals surface area contributed by atoms with Crippen molar-refractivity contribution in [3.63, 3.8) is 0 Å². The first-order valence-corrected chi connectivity index (χ1v) is 15.2. The summed E-state index contributed by atoms with van der Waals surface area (Å²) >= 11 is 12.5. The van der Waals surface area contributed by atoms with E-state index in [1.807, 2.05) is 0 Å². The SMILES string of the molecule is CCOC(=O)OC1(C2CCCCC2)CCN(C(=O)[C@@H](Cc2ccc(Cl)cc2Cl)NC(=O)NCCc2cnc[nH]2)CC1. The van der Waals surface area contributed by atoms with E-state index in [4.69, 9.17) is 32.7 Å². The maximum Gasteiger partial charge on any atom is 0.508 e. The van der Waals surface area contributed by atoms with Crippen molar-refractivity contribution in [3.05, 3.63) is 52.0 Å². The lowest BCUT2D eigenvalue weighted by Crippen LogP contribution is -2.58. The minimum absolute atomic E-state index is 0.201. The van der Waals surface area contributed by atoms with Crippen LogP contribution < -0.4 is 10.6 Å². The number of carbonyl (C=O) groups excluding carboxylic acids is 3. The largest absolute Gasteiger partial charge is 0.508 e. The number of nitrogens with one attached hydrogen (secondary N) is 3. The second kappa shape index (κ2) is 14.8. The van der Waals surface area contributed by atoms with Gasteiger partial charge in [-0.3, -0.25) is 4.79 Å². The summed E-state index contributed by atoms with van der Waals surface area (Å²) < 4.78 is 11.1. The summed E-state index contributed by atoms with van der Waals surface area (Å²) in [7, 11) is 0. The van der Waals surface area contributed by atoms with Crippen LogP contribution in [0.3, 0.4) is 0 Å². The van der Waals surface area contributed by atoms with Crippen molar-refractivity contribution >= 4 is 41.3 Å². The minimum Gasteiger partial charge on any atom is -0.435 e. The highest BCUT2D eigenvalue weighted by Crippen LogP contribution is 2.42. The van der Waals surface area contributed by atoms with E-state index in [-0.39, 0.29) is 24.9 Å². The maximum absolute atomic E-state index is 13.9. The molecule has 3 N–H and O–H groups in total. The van der Waals surface area contributed by atoms with Crippen molar-refractivity contribution in [2.24, 2.45) is 5.92 Å². The minimum atomic E-state index is -0.853. The molecular formula is C29H39Cl2N5O5. The van der Waals surface area contributed by atoms with Gasteiger partial charge in [0.1, 0.15) is 11.6 Å². The highest BCUT2D eigenvalue weighted by Gasteiger charge is 2.46. The Labute approximate surface area is 250 Å². The van der Waals surface area contributed by atoms with Crippen LogP contribution in [0, 0.1) is 5.92 Å². The highest BCUT2D eigenvalue weighted by atomic mass is 35.5. The van der Waals surface area contributed by atoms with E-state index >= 15 is 0 Å². The van der Waals surface area contributed by atoms with Gasteiger partial charge in [-0.15, -0.1) is 0 Å². The van der Waals surface area contributed by atoms with Crippen LogP contribution in [-0.2, 0) is 27.1 Å². The number of aromatic nitrogens is 2. The number of halogens is 2. The Balaban J connectivity index is 1.44. The van der Waals surface area contributed by atoms with Crippen LogP contribution in [-0.4, -0.2) is 70.8 Å². The van der Waals surface area contributed by atoms with Crippen molar-refractivity contribution in [2.75, 3.05) is 26.2 Å². The highest BCUT2D eigenvalue weighted by molar-refractivity contribution is 6.35. The third-order valence-corrected chi connectivity index (χ3v) is 8.68. The summed E-state index contributed by atoms with van der Waals surface area (Å²) in [6.07, 6.45) is 9.81. The number of ether oxygens (including phenoxy) is 2. The molecular weight excluding hydrogens is 569 g/mol. The van der Waals surface area contributed by atoms with E-state index in [0.717, 1.165) is 31.4 Å². The molecule has 1 aromatic carbocycles. The van der Waals surface area contributed by atoms with E-state index in [1.54, 1.807) is 42.5 Å². The molecule has 0 unspecified atom stereocenters. The van der Waals surface area contributed by atoms with Gasteiger partial charge in [0, 0.05) is 67.3 Å². The number of carbonyl (C=O) groups is 3. The smallest absolute Gasteiger partial charge is 0.435 e. The fraction of sp³-hybridized carbons (Fsp3) is 0.586. The zero-order chi connectivity index (χ0) is 29.2. The van der Waals surface area contributed by atoms with Crippen molar-refractivity contribution in [1.29, 1.82) is 0 Å². The Morgan fingerprint density at radius 1 is 1.17 bits per heavy atom. The molecule has 0 radical (unpaired) electrons. The van der Waals surface area contributed by atoms with E-state index < -0.39 is 23.8 Å². The van der Waals surface area contributed by atoms with Gasteiger partial charge in [0.2, 0.25) is 5.91 Å². The predicted molar refractivity (Wildman–Crippen MR) is 156 cm³/mol. The van der Waals surface area contributed by atoms with Gasteiger partial charge in [0.05, 0.1) is 12.9 Å². The van der Waals surface area contributed by atoms with Crippen LogP contribution in [0.5, 0.6) is 0 Å². The Morgan fingerprint density at radius 2 is 1.93 bits per heavy atom. The topological polar surface area (TPSA) is 126 Å². The fourth-order valence-corrected chi connectivity index (χ4v) is 6.40. The number of likely N-dealkylation sites (tertiary alicyclic amines) is 1. The number of piperidine rings is 1. The van der Waals surface area contributed by atoms with E-state index in [9.17, 15) is 14.4 Å². The lowest BCUT2D eigenvalue weighted by atomic mass is 9.72. The number of amides is 3. The quantitative estimate of drug-likeness (QED) is 0.315. The lowest BCUT2D eigenvalue weighted by Gasteiger charge is -2.47. The van der Waals surface area contributed by atoms with Gasteiger partial charge in [0.25, 0.3) is 0 Å². The molecule has 2 heterocycles. The third-order valence-electron chi connectivity index (χ3n) is 8.10. The molecule has 224 valence electrons. The van der Waals surface area contributed by atoms with Crippen LogP contribution in [0.15, 0.2) is 30.7 Å². The van der Waals surface area contributed by atoms with Gasteiger partial charge >= 0.3 is 12.2 Å². The average molecular weight is 609 g/mol. The molecule has 2 aliphatic rings. The van der Waals surface area contributed by atoms with Crippen LogP contribution >= 0.6 is 23.2 Å². The molecule has 3 amide bonds. The summed E-state index contributed by atoms with van der Waals surface area (Å²) in [5.74, 6) is 0.0217. The van der Waals surface area contributed by atoms with E-state index in [0.29, 0.717) is 54.5 Å². The molecule has 0 spiro atoms. The van der Waals surface area contributed by atoms with Gasteiger partial charge in [-0.1, -0.05) is 48.5 Å². The zero-order valence-corrected chi connectivity index (χ0v) is 24.9. The molecule has 1 aromatic heterocycles. The molecule has 2 fully saturated rings. The van der Waals surface area contributed by atoms with Gasteiger partial charge in [-0.05, 0) is 43.4 Å². The summed E-state index contributed by atoms with van der Waals surface area (Å²) in [6.45, 7) is 3.18. The first kappa shape index (κ1) is 31.0. The average Bonchev–Trinajstić information content (AvgIpc) is 3.48. The molecule has 2 aromatic rings. The van der Waals surface area contributed by atoms with Crippen LogP contribution in [0.4, 0.5) is 9.59 Å². The Kier molecular flexibility index (Phi) is 11.2. The lowest BCUT2D eigenvalue weighted by molar-refractivity contribution is -0.143. The molecule has 1 saturated heterocycles. The van der Waals surface area contributed by atoms with Crippen LogP contribution in [0.1, 0.15) is 63.1 Å². The standard InChI is InChI=1S/C29H39Cl2N5O5/c1-2-40-28(39)41-29(21-6-4-3-5-7-21)11-14-36(15-12-29)26(37)25(16-20-8-9-22(30)17-24(20)31)35-27(38)33-13-10-23-18-32-19-34-23/h8-9,17-19,21,25H,2-7,10-16H2,1H3,(H,32,34)(H2,33,35,38)/t25-/m1/s1. The van der Waals surface area contributed by atoms with Crippen molar-refractivity contribution in [1.82, 2.24) is 25.5 Å². The number of urea groups is 1. The monoisotopic (exact) mass is 607 g/mol. The van der Waals surface area contributed by atoms with Gasteiger partial charge < -0.3 is 30.0 Å². The van der Waals surface area contributed by atoms with Crippen molar-refractivity contribution in [2.45, 2.75) is 76.4 Å². The Hall–Kier alpha value is -2.98.